The van der Waals surface area contributed by atoms with E-state index in [1.807, 2.05) is 0 Å². The Labute approximate surface area is 220 Å². The zero-order valence-electron chi connectivity index (χ0n) is 18.7. The number of nitrogens with zero attached hydrogens (tertiary/aromatic N) is 5. The number of hydrogen-bond acceptors (Lipinski definition) is 13. The van der Waals surface area contributed by atoms with Crippen molar-refractivity contribution in [2.45, 2.75) is 35.7 Å². The number of hydrogen-bond donors (Lipinski definition) is 3. The van der Waals surface area contributed by atoms with Crippen molar-refractivity contribution in [3.8, 4) is 0 Å². The van der Waals surface area contributed by atoms with Crippen LogP contribution in [0, 0.1) is 0 Å². The largest absolute Gasteiger partial charge is 0.477 e. The molecule has 0 aliphatic carbocycles. The van der Waals surface area contributed by atoms with E-state index in [9.17, 15) is 24.3 Å². The highest BCUT2D eigenvalue weighted by atomic mass is 32.2. The molecule has 2 aliphatic rings. The van der Waals surface area contributed by atoms with Gasteiger partial charge in [-0.2, -0.15) is 0 Å². The lowest BCUT2D eigenvalue weighted by atomic mass is 10.0. The second kappa shape index (κ2) is 11.4. The zero-order chi connectivity index (χ0) is 25.8. The number of carbonyl (C=O) groups excluding carboxylic acids is 3. The van der Waals surface area contributed by atoms with Crippen LogP contribution in [-0.4, -0.2) is 84.1 Å². The molecule has 3 amide bonds. The van der Waals surface area contributed by atoms with E-state index in [0.29, 0.717) is 27.8 Å². The summed E-state index contributed by atoms with van der Waals surface area (Å²) >= 11 is 5.14. The molecule has 4 rings (SSSR count). The Morgan fingerprint density at radius 3 is 2.89 bits per heavy atom. The average molecular weight is 570 g/mol. The monoisotopic (exact) mass is 569 g/mol. The molecule has 0 bridgehead atoms. The minimum Gasteiger partial charge on any atom is -0.477 e. The molecule has 190 valence electrons. The van der Waals surface area contributed by atoms with Crippen LogP contribution in [0.2, 0.25) is 0 Å². The predicted molar refractivity (Wildman–Crippen MR) is 135 cm³/mol. The Morgan fingerprint density at radius 2 is 2.22 bits per heavy atom. The van der Waals surface area contributed by atoms with Crippen LogP contribution in [0.4, 0.5) is 5.13 Å². The predicted octanol–water partition coefficient (Wildman–Crippen LogP) is 1.22. The fourth-order valence-electron chi connectivity index (χ4n) is 3.24. The van der Waals surface area contributed by atoms with Gasteiger partial charge in [0.05, 0.1) is 0 Å². The number of nitrogens with one attached hydrogen (secondary N) is 2. The van der Waals surface area contributed by atoms with Crippen LogP contribution in [0.25, 0.3) is 0 Å². The average Bonchev–Trinajstić information content (AvgIpc) is 3.53. The molecule has 2 aliphatic heterocycles. The Bertz CT molecular complexity index is 1230. The number of carboxylic acids is 1. The van der Waals surface area contributed by atoms with Crippen LogP contribution in [-0.2, 0) is 24.0 Å². The number of anilines is 1. The van der Waals surface area contributed by atoms with Gasteiger partial charge in [0.25, 0.3) is 11.8 Å². The van der Waals surface area contributed by atoms with Crippen molar-refractivity contribution in [1.29, 1.82) is 0 Å². The van der Waals surface area contributed by atoms with Gasteiger partial charge in [-0.15, -0.1) is 33.3 Å². The molecule has 36 heavy (non-hydrogen) atoms. The van der Waals surface area contributed by atoms with E-state index in [0.717, 1.165) is 11.3 Å². The molecule has 4 heterocycles. The smallest absolute Gasteiger partial charge is 0.352 e. The molecule has 3 N–H and O–H groups in total. The summed E-state index contributed by atoms with van der Waals surface area (Å²) < 4.78 is 0.698. The molecule has 0 aromatic carbocycles. The zero-order valence-corrected chi connectivity index (χ0v) is 22.0. The van der Waals surface area contributed by atoms with Crippen LogP contribution >= 0.6 is 46.2 Å². The molecule has 2 aromatic heterocycles. The molecule has 0 saturated carbocycles. The molecule has 1 unspecified atom stereocenters. The Balaban J connectivity index is 1.50. The fourth-order valence-corrected chi connectivity index (χ4v) is 6.87. The van der Waals surface area contributed by atoms with Crippen LogP contribution in [0.5, 0.6) is 0 Å². The van der Waals surface area contributed by atoms with Gasteiger partial charge in [-0.05, 0) is 19.4 Å². The van der Waals surface area contributed by atoms with Crippen LogP contribution < -0.4 is 10.6 Å². The number of fused-ring (bicyclic) bond motifs is 1. The number of carboxylic acid groups (broad SMARTS) is 1. The lowest BCUT2D eigenvalue weighted by molar-refractivity contribution is -0.150. The molecule has 2 atom stereocenters. The number of aliphatic carboxylic acids is 1. The summed E-state index contributed by atoms with van der Waals surface area (Å²) in [4.78, 5) is 59.4. The van der Waals surface area contributed by atoms with Gasteiger partial charge in [-0.1, -0.05) is 28.3 Å². The first-order valence-corrected chi connectivity index (χ1v) is 14.1. The second-order valence-electron chi connectivity index (χ2n) is 7.51. The third-order valence-corrected chi connectivity index (χ3v) is 8.81. The molecule has 0 spiro atoms. The molecule has 1 fully saturated rings. The molecule has 0 radical (unpaired) electrons. The first-order chi connectivity index (χ1) is 17.3. The van der Waals surface area contributed by atoms with Crippen LogP contribution in [0.3, 0.4) is 0 Å². The van der Waals surface area contributed by atoms with Crippen LogP contribution in [0.15, 0.2) is 31.7 Å². The Hall–Kier alpha value is -3.02. The van der Waals surface area contributed by atoms with Gasteiger partial charge >= 0.3 is 5.97 Å². The minimum absolute atomic E-state index is 0.0765. The SMILES string of the molecule is CC(C)ON=C(C(=O)NC1C(=O)N2C(C(=O)O)=C(CSc3nncs3)CS[C@H]12)c1csc(NC=O)n1. The molecule has 17 heteroatoms. The standard InChI is InChI=1S/C19H19N7O6S4/c1-8(2)32-25-11(10-5-34-18(22-10)20-6-27)14(28)23-12-15(29)26-13(17(30)31)9(3-33-16(12)26)4-35-19-24-21-7-36-19/h5-8,12,16H,3-4H2,1-2H3,(H,23,28)(H,30,31)(H,20,22,27)/t12?,16-/m1/s1. The highest BCUT2D eigenvalue weighted by molar-refractivity contribution is 8.01. The number of rotatable bonds is 11. The first kappa shape index (κ1) is 26.1. The lowest BCUT2D eigenvalue weighted by Crippen LogP contribution is -2.71. The number of β-lactam (4-membered cyclic amide) rings is 1. The van der Waals surface area contributed by atoms with Crippen molar-refractivity contribution in [2.24, 2.45) is 5.16 Å². The molecule has 1 saturated heterocycles. The van der Waals surface area contributed by atoms with E-state index in [2.05, 4.69) is 31.0 Å². The maximum absolute atomic E-state index is 13.1. The van der Waals surface area contributed by atoms with Crippen molar-refractivity contribution in [3.05, 3.63) is 27.9 Å². The van der Waals surface area contributed by atoms with Gasteiger partial charge in [-0.3, -0.25) is 19.3 Å². The second-order valence-corrected chi connectivity index (χ2v) is 11.5. The van der Waals surface area contributed by atoms with E-state index >= 15 is 0 Å². The number of aromatic nitrogens is 3. The topological polar surface area (TPSA) is 176 Å². The summed E-state index contributed by atoms with van der Waals surface area (Å²) in [5.74, 6) is -1.74. The third-order valence-electron chi connectivity index (χ3n) is 4.75. The highest BCUT2D eigenvalue weighted by Crippen LogP contribution is 2.41. The maximum atomic E-state index is 13.1. The van der Waals surface area contributed by atoms with Crippen molar-refractivity contribution < 1.29 is 29.1 Å². The maximum Gasteiger partial charge on any atom is 0.352 e. The van der Waals surface area contributed by atoms with E-state index in [-0.39, 0.29) is 28.3 Å². The van der Waals surface area contributed by atoms with Gasteiger partial charge in [0.2, 0.25) is 6.41 Å². The number of amides is 3. The van der Waals surface area contributed by atoms with Gasteiger partial charge in [-0.25, -0.2) is 9.78 Å². The molecular formula is C19H19N7O6S4. The third kappa shape index (κ3) is 5.53. The van der Waals surface area contributed by atoms with Crippen molar-refractivity contribution in [1.82, 2.24) is 25.4 Å². The summed E-state index contributed by atoms with van der Waals surface area (Å²) in [6.45, 7) is 3.46. The summed E-state index contributed by atoms with van der Waals surface area (Å²) in [7, 11) is 0. The molecule has 13 nitrogen and oxygen atoms in total. The Kier molecular flexibility index (Phi) is 8.22. The number of thioether (sulfide) groups is 2. The summed E-state index contributed by atoms with van der Waals surface area (Å²) in [6, 6.07) is -0.954. The van der Waals surface area contributed by atoms with E-state index < -0.39 is 29.2 Å². The molecule has 2 aromatic rings. The van der Waals surface area contributed by atoms with E-state index in [4.69, 9.17) is 4.84 Å². The number of carbonyl (C=O) groups is 4. The Morgan fingerprint density at radius 1 is 1.42 bits per heavy atom. The van der Waals surface area contributed by atoms with E-state index in [1.54, 1.807) is 19.4 Å². The first-order valence-electron chi connectivity index (χ1n) is 10.3. The van der Waals surface area contributed by atoms with Crippen LogP contribution in [0.1, 0.15) is 19.5 Å². The van der Waals surface area contributed by atoms with Crippen molar-refractivity contribution in [3.63, 3.8) is 0 Å². The quantitative estimate of drug-likeness (QED) is 0.117. The minimum atomic E-state index is -1.21. The van der Waals surface area contributed by atoms with Gasteiger partial charge in [0.15, 0.2) is 15.2 Å². The lowest BCUT2D eigenvalue weighted by Gasteiger charge is -2.49. The summed E-state index contributed by atoms with van der Waals surface area (Å²) in [6.07, 6.45) is 0.133. The van der Waals surface area contributed by atoms with E-state index in [1.165, 1.54) is 45.1 Å². The van der Waals surface area contributed by atoms with Crippen molar-refractivity contribution >= 4 is 81.2 Å². The summed E-state index contributed by atoms with van der Waals surface area (Å²) in [5, 5.41) is 27.6. The van der Waals surface area contributed by atoms with Gasteiger partial charge in [0, 0.05) is 16.9 Å². The van der Waals surface area contributed by atoms with Gasteiger partial charge < -0.3 is 20.6 Å². The molecular weight excluding hydrogens is 551 g/mol. The number of thiazole rings is 1. The fraction of sp³-hybridized carbons (Fsp3) is 0.368. The number of oxime groups is 1. The highest BCUT2D eigenvalue weighted by Gasteiger charge is 2.54. The summed E-state index contributed by atoms with van der Waals surface area (Å²) in [5.41, 5.74) is 2.08. The normalized spacial score (nSPS) is 19.6. The van der Waals surface area contributed by atoms with Gasteiger partial charge in [0.1, 0.15) is 34.4 Å². The van der Waals surface area contributed by atoms with Crippen molar-refractivity contribution in [2.75, 3.05) is 16.8 Å².